The number of hydrogen-bond acceptors (Lipinski definition) is 3. The quantitative estimate of drug-likeness (QED) is 0.919. The van der Waals surface area contributed by atoms with Crippen LogP contribution in [0, 0.1) is 5.92 Å². The lowest BCUT2D eigenvalue weighted by atomic mass is 9.81. The maximum absolute atomic E-state index is 13.2. The molecule has 1 aliphatic rings. The van der Waals surface area contributed by atoms with E-state index in [9.17, 15) is 13.9 Å². The van der Waals surface area contributed by atoms with E-state index in [0.717, 1.165) is 0 Å². The van der Waals surface area contributed by atoms with Crippen molar-refractivity contribution >= 4 is 0 Å². The van der Waals surface area contributed by atoms with Crippen LogP contribution in [-0.2, 0) is 0 Å². The van der Waals surface area contributed by atoms with Crippen LogP contribution in [0.5, 0.6) is 11.5 Å². The Kier molecular flexibility index (Phi) is 4.48. The number of alkyl halides is 2. The monoisotopic (exact) mass is 286 g/mol. The largest absolute Gasteiger partial charge is 0.497 e. The molecule has 1 saturated carbocycles. The van der Waals surface area contributed by atoms with Crippen molar-refractivity contribution in [3.05, 3.63) is 23.8 Å². The van der Waals surface area contributed by atoms with Crippen molar-refractivity contribution in [1.82, 2.24) is 0 Å². The number of aliphatic hydroxyl groups is 1. The number of benzene rings is 1. The summed E-state index contributed by atoms with van der Waals surface area (Å²) in [5, 5.41) is 10.4. The number of hydrogen-bond donors (Lipinski definition) is 1. The van der Waals surface area contributed by atoms with Crippen LogP contribution in [0.3, 0.4) is 0 Å². The molecule has 1 unspecified atom stereocenters. The van der Waals surface area contributed by atoms with Gasteiger partial charge in [-0.05, 0) is 36.5 Å². The highest BCUT2D eigenvalue weighted by Gasteiger charge is 2.37. The molecule has 0 amide bonds. The minimum absolute atomic E-state index is 0.147. The zero-order chi connectivity index (χ0) is 14.8. The molecule has 0 spiro atoms. The van der Waals surface area contributed by atoms with Crippen LogP contribution in [0.2, 0.25) is 0 Å². The summed E-state index contributed by atoms with van der Waals surface area (Å²) < 4.78 is 36.6. The van der Waals surface area contributed by atoms with Gasteiger partial charge in [-0.1, -0.05) is 0 Å². The molecule has 1 atom stereocenters. The van der Waals surface area contributed by atoms with Gasteiger partial charge < -0.3 is 14.6 Å². The Morgan fingerprint density at radius 2 is 1.60 bits per heavy atom. The van der Waals surface area contributed by atoms with Crippen LogP contribution in [0.25, 0.3) is 0 Å². The summed E-state index contributed by atoms with van der Waals surface area (Å²) in [6, 6.07) is 5.16. The molecule has 1 N–H and O–H groups in total. The van der Waals surface area contributed by atoms with Gasteiger partial charge in [0.1, 0.15) is 11.5 Å². The highest BCUT2D eigenvalue weighted by molar-refractivity contribution is 5.39. The van der Waals surface area contributed by atoms with Gasteiger partial charge in [-0.2, -0.15) is 0 Å². The fourth-order valence-corrected chi connectivity index (χ4v) is 2.65. The third-order valence-corrected chi connectivity index (χ3v) is 3.92. The van der Waals surface area contributed by atoms with Crippen molar-refractivity contribution in [2.24, 2.45) is 5.92 Å². The minimum Gasteiger partial charge on any atom is -0.497 e. The average molecular weight is 286 g/mol. The number of aliphatic hydroxyl groups excluding tert-OH is 1. The summed E-state index contributed by atoms with van der Waals surface area (Å²) in [6.45, 7) is 0. The van der Waals surface area contributed by atoms with E-state index in [4.69, 9.17) is 9.47 Å². The molecular formula is C15H20F2O3. The van der Waals surface area contributed by atoms with E-state index in [2.05, 4.69) is 0 Å². The van der Waals surface area contributed by atoms with Crippen molar-refractivity contribution in [3.63, 3.8) is 0 Å². The number of methoxy groups -OCH3 is 2. The number of halogens is 2. The maximum atomic E-state index is 13.2. The molecule has 1 fully saturated rings. The van der Waals surface area contributed by atoms with E-state index in [-0.39, 0.29) is 18.8 Å². The van der Waals surface area contributed by atoms with Crippen molar-refractivity contribution < 1.29 is 23.4 Å². The third-order valence-electron chi connectivity index (χ3n) is 3.92. The van der Waals surface area contributed by atoms with Gasteiger partial charge in [0.25, 0.3) is 0 Å². The molecular weight excluding hydrogens is 266 g/mol. The Morgan fingerprint density at radius 1 is 1.10 bits per heavy atom. The summed E-state index contributed by atoms with van der Waals surface area (Å²) in [4.78, 5) is 0. The van der Waals surface area contributed by atoms with Crippen LogP contribution in [0.4, 0.5) is 8.78 Å². The molecule has 0 bridgehead atoms. The fraction of sp³-hybridized carbons (Fsp3) is 0.600. The van der Waals surface area contributed by atoms with Crippen LogP contribution >= 0.6 is 0 Å². The molecule has 0 aromatic heterocycles. The van der Waals surface area contributed by atoms with Crippen molar-refractivity contribution in [1.29, 1.82) is 0 Å². The van der Waals surface area contributed by atoms with Gasteiger partial charge >= 0.3 is 0 Å². The van der Waals surface area contributed by atoms with Gasteiger partial charge in [0, 0.05) is 18.9 Å². The van der Waals surface area contributed by atoms with E-state index < -0.39 is 12.0 Å². The molecule has 0 radical (unpaired) electrons. The first-order chi connectivity index (χ1) is 9.45. The Hall–Kier alpha value is -1.36. The first-order valence-corrected chi connectivity index (χ1v) is 6.74. The zero-order valence-electron chi connectivity index (χ0n) is 11.7. The second-order valence-corrected chi connectivity index (χ2v) is 5.28. The molecule has 1 aromatic rings. The van der Waals surface area contributed by atoms with Gasteiger partial charge in [0.2, 0.25) is 5.92 Å². The first kappa shape index (κ1) is 15.0. The highest BCUT2D eigenvalue weighted by atomic mass is 19.3. The summed E-state index contributed by atoms with van der Waals surface area (Å²) >= 11 is 0. The number of ether oxygens (including phenoxy) is 2. The predicted molar refractivity (Wildman–Crippen MR) is 71.4 cm³/mol. The van der Waals surface area contributed by atoms with Gasteiger partial charge in [-0.3, -0.25) is 0 Å². The van der Waals surface area contributed by atoms with Crippen LogP contribution in [-0.4, -0.2) is 25.2 Å². The second-order valence-electron chi connectivity index (χ2n) is 5.28. The summed E-state index contributed by atoms with van der Waals surface area (Å²) in [6.07, 6.45) is -0.428. The predicted octanol–water partition coefficient (Wildman–Crippen LogP) is 3.56. The molecule has 2 rings (SSSR count). The molecule has 3 nitrogen and oxygen atoms in total. The van der Waals surface area contributed by atoms with Crippen LogP contribution in [0.15, 0.2) is 18.2 Å². The summed E-state index contributed by atoms with van der Waals surface area (Å²) in [7, 11) is 3.07. The zero-order valence-corrected chi connectivity index (χ0v) is 11.7. The second kappa shape index (κ2) is 5.95. The molecule has 1 aliphatic carbocycles. The SMILES string of the molecule is COc1cc(OC)cc(C(O)C2CCC(F)(F)CC2)c1. The molecule has 0 saturated heterocycles. The molecule has 1 aromatic carbocycles. The highest BCUT2D eigenvalue weighted by Crippen LogP contribution is 2.42. The molecule has 0 heterocycles. The molecule has 20 heavy (non-hydrogen) atoms. The van der Waals surface area contributed by atoms with E-state index in [0.29, 0.717) is 29.9 Å². The minimum atomic E-state index is -2.58. The van der Waals surface area contributed by atoms with Crippen molar-refractivity contribution in [2.75, 3.05) is 14.2 Å². The average Bonchev–Trinajstić information content (AvgIpc) is 2.46. The molecule has 5 heteroatoms. The fourth-order valence-electron chi connectivity index (χ4n) is 2.65. The van der Waals surface area contributed by atoms with Gasteiger partial charge in [0.15, 0.2) is 0 Å². The topological polar surface area (TPSA) is 38.7 Å². The third kappa shape index (κ3) is 3.39. The normalized spacial score (nSPS) is 20.4. The lowest BCUT2D eigenvalue weighted by Gasteiger charge is -2.31. The van der Waals surface area contributed by atoms with E-state index in [1.165, 1.54) is 14.2 Å². The van der Waals surface area contributed by atoms with E-state index in [1.807, 2.05) is 0 Å². The van der Waals surface area contributed by atoms with Gasteiger partial charge in [-0.25, -0.2) is 8.78 Å². The van der Waals surface area contributed by atoms with Crippen molar-refractivity contribution in [2.45, 2.75) is 37.7 Å². The molecule has 112 valence electrons. The Bertz CT molecular complexity index is 430. The lowest BCUT2D eigenvalue weighted by molar-refractivity contribution is -0.0627. The smallest absolute Gasteiger partial charge is 0.248 e. The number of rotatable bonds is 4. The maximum Gasteiger partial charge on any atom is 0.248 e. The summed E-state index contributed by atoms with van der Waals surface area (Å²) in [5.74, 6) is -1.56. The Balaban J connectivity index is 2.14. The Morgan fingerprint density at radius 3 is 2.05 bits per heavy atom. The van der Waals surface area contributed by atoms with Gasteiger partial charge in [0.05, 0.1) is 20.3 Å². The van der Waals surface area contributed by atoms with E-state index in [1.54, 1.807) is 18.2 Å². The standard InChI is InChI=1S/C15H20F2O3/c1-19-12-7-11(8-13(9-12)20-2)14(18)10-3-5-15(16,17)6-4-10/h7-10,14,18H,3-6H2,1-2H3. The first-order valence-electron chi connectivity index (χ1n) is 6.74. The molecule has 0 aliphatic heterocycles. The van der Waals surface area contributed by atoms with Crippen LogP contribution < -0.4 is 9.47 Å². The van der Waals surface area contributed by atoms with Crippen LogP contribution in [0.1, 0.15) is 37.4 Å². The summed E-state index contributed by atoms with van der Waals surface area (Å²) in [5.41, 5.74) is 0.649. The van der Waals surface area contributed by atoms with E-state index >= 15 is 0 Å². The Labute approximate surface area is 117 Å². The van der Waals surface area contributed by atoms with Gasteiger partial charge in [-0.15, -0.1) is 0 Å². The van der Waals surface area contributed by atoms with Crippen molar-refractivity contribution in [3.8, 4) is 11.5 Å². The lowest BCUT2D eigenvalue weighted by Crippen LogP contribution is -2.27.